The zero-order valence-electron chi connectivity index (χ0n) is 8.86. The first-order valence-electron chi connectivity index (χ1n) is 4.67. The minimum absolute atomic E-state index is 0. The second-order valence-corrected chi connectivity index (χ2v) is 6.20. The summed E-state index contributed by atoms with van der Waals surface area (Å²) in [5.41, 5.74) is 0. The quantitative estimate of drug-likeness (QED) is 0.765. The monoisotopic (exact) mass is 242 g/mol. The van der Waals surface area contributed by atoms with Crippen LogP contribution < -0.4 is 5.32 Å². The summed E-state index contributed by atoms with van der Waals surface area (Å²) in [4.78, 5) is 0. The number of nitrogens with zero attached hydrogens (tertiary/aromatic N) is 1. The van der Waals surface area contributed by atoms with Crippen molar-refractivity contribution in [2.75, 3.05) is 19.6 Å². The van der Waals surface area contributed by atoms with Gasteiger partial charge in [0.1, 0.15) is 0 Å². The van der Waals surface area contributed by atoms with Gasteiger partial charge in [-0.05, 0) is 20.8 Å². The first kappa shape index (κ1) is 14.2. The van der Waals surface area contributed by atoms with Crippen molar-refractivity contribution < 1.29 is 8.42 Å². The highest BCUT2D eigenvalue weighted by Gasteiger charge is 2.31. The van der Waals surface area contributed by atoms with Crippen LogP contribution >= 0.6 is 12.4 Å². The van der Waals surface area contributed by atoms with Crippen molar-refractivity contribution in [2.24, 2.45) is 0 Å². The topological polar surface area (TPSA) is 49.4 Å². The molecular weight excluding hydrogens is 224 g/mol. The average Bonchev–Trinajstić information content (AvgIpc) is 2.04. The van der Waals surface area contributed by atoms with Crippen LogP contribution in [0, 0.1) is 0 Å². The fourth-order valence-electron chi connectivity index (χ4n) is 1.47. The Bertz CT molecular complexity index is 267. The maximum atomic E-state index is 11.8. The van der Waals surface area contributed by atoms with Gasteiger partial charge in [-0.1, -0.05) is 0 Å². The number of hydrogen-bond acceptors (Lipinski definition) is 3. The van der Waals surface area contributed by atoms with Gasteiger partial charge in [0, 0.05) is 25.7 Å². The molecule has 0 aromatic rings. The van der Waals surface area contributed by atoms with Crippen LogP contribution in [-0.2, 0) is 10.0 Å². The fraction of sp³-hybridized carbons (Fsp3) is 1.00. The molecule has 1 aliphatic rings. The predicted octanol–water partition coefficient (Wildman–Crippen LogP) is 0.440. The average molecular weight is 243 g/mol. The molecule has 1 atom stereocenters. The molecule has 1 fully saturated rings. The van der Waals surface area contributed by atoms with Gasteiger partial charge < -0.3 is 5.32 Å². The van der Waals surface area contributed by atoms with Crippen LogP contribution in [0.1, 0.15) is 20.8 Å². The molecule has 0 amide bonds. The Morgan fingerprint density at radius 3 is 2.43 bits per heavy atom. The summed E-state index contributed by atoms with van der Waals surface area (Å²) in [7, 11) is -3.06. The van der Waals surface area contributed by atoms with Crippen molar-refractivity contribution in [1.82, 2.24) is 9.62 Å². The molecule has 1 aliphatic heterocycles. The molecule has 6 heteroatoms. The molecule has 1 N–H and O–H groups in total. The Hall–Kier alpha value is 0.160. The van der Waals surface area contributed by atoms with Gasteiger partial charge >= 0.3 is 0 Å². The van der Waals surface area contributed by atoms with Crippen LogP contribution in [0.5, 0.6) is 0 Å². The Morgan fingerprint density at radius 2 is 2.00 bits per heavy atom. The first-order valence-corrected chi connectivity index (χ1v) is 6.18. The Labute approximate surface area is 92.5 Å². The SMILES string of the molecule is CC1CNCCN1S(=O)(=O)C(C)C.Cl. The summed E-state index contributed by atoms with van der Waals surface area (Å²) < 4.78 is 25.2. The fourth-order valence-corrected chi connectivity index (χ4v) is 2.93. The predicted molar refractivity (Wildman–Crippen MR) is 60.3 cm³/mol. The molecule has 1 unspecified atom stereocenters. The van der Waals surface area contributed by atoms with Gasteiger partial charge in [-0.2, -0.15) is 4.31 Å². The van der Waals surface area contributed by atoms with E-state index in [1.807, 2.05) is 6.92 Å². The summed E-state index contributed by atoms with van der Waals surface area (Å²) >= 11 is 0. The third-order valence-corrected chi connectivity index (χ3v) is 4.75. The van der Waals surface area contributed by atoms with Gasteiger partial charge in [-0.3, -0.25) is 0 Å². The lowest BCUT2D eigenvalue weighted by Gasteiger charge is -2.34. The second kappa shape index (κ2) is 5.30. The third kappa shape index (κ3) is 2.82. The van der Waals surface area contributed by atoms with E-state index in [0.29, 0.717) is 6.54 Å². The molecule has 0 radical (unpaired) electrons. The van der Waals surface area contributed by atoms with Crippen molar-refractivity contribution in [3.05, 3.63) is 0 Å². The van der Waals surface area contributed by atoms with Crippen molar-refractivity contribution in [1.29, 1.82) is 0 Å². The van der Waals surface area contributed by atoms with Crippen LogP contribution in [0.4, 0.5) is 0 Å². The number of rotatable bonds is 2. The van der Waals surface area contributed by atoms with Gasteiger partial charge in [0.2, 0.25) is 10.0 Å². The molecule has 86 valence electrons. The van der Waals surface area contributed by atoms with Crippen LogP contribution in [0.2, 0.25) is 0 Å². The van der Waals surface area contributed by atoms with Gasteiger partial charge in [0.25, 0.3) is 0 Å². The molecular formula is C8H19ClN2O2S. The third-order valence-electron chi connectivity index (χ3n) is 2.36. The van der Waals surface area contributed by atoms with E-state index in [4.69, 9.17) is 0 Å². The van der Waals surface area contributed by atoms with E-state index in [9.17, 15) is 8.42 Å². The summed E-state index contributed by atoms with van der Waals surface area (Å²) in [6.45, 7) is 7.50. The zero-order chi connectivity index (χ0) is 10.1. The molecule has 0 aromatic heterocycles. The summed E-state index contributed by atoms with van der Waals surface area (Å²) in [5, 5.41) is 2.86. The lowest BCUT2D eigenvalue weighted by atomic mass is 10.3. The van der Waals surface area contributed by atoms with Crippen LogP contribution in [0.3, 0.4) is 0 Å². The van der Waals surface area contributed by atoms with Crippen molar-refractivity contribution in [2.45, 2.75) is 32.1 Å². The van der Waals surface area contributed by atoms with E-state index in [2.05, 4.69) is 5.32 Å². The molecule has 1 rings (SSSR count). The van der Waals surface area contributed by atoms with E-state index in [1.165, 1.54) is 0 Å². The summed E-state index contributed by atoms with van der Waals surface area (Å²) in [6.07, 6.45) is 0. The molecule has 0 aromatic carbocycles. The maximum absolute atomic E-state index is 11.8. The number of hydrogen-bond donors (Lipinski definition) is 1. The Kier molecular flexibility index (Phi) is 5.36. The number of piperazine rings is 1. The molecule has 0 spiro atoms. The lowest BCUT2D eigenvalue weighted by Crippen LogP contribution is -2.53. The zero-order valence-corrected chi connectivity index (χ0v) is 10.5. The lowest BCUT2D eigenvalue weighted by molar-refractivity contribution is 0.282. The van der Waals surface area contributed by atoms with Crippen molar-refractivity contribution in [3.63, 3.8) is 0 Å². The van der Waals surface area contributed by atoms with Crippen molar-refractivity contribution >= 4 is 22.4 Å². The molecule has 1 heterocycles. The van der Waals surface area contributed by atoms with Gasteiger partial charge in [-0.25, -0.2) is 8.42 Å². The molecule has 0 bridgehead atoms. The highest BCUT2D eigenvalue weighted by molar-refractivity contribution is 7.89. The maximum Gasteiger partial charge on any atom is 0.216 e. The standard InChI is InChI=1S/C8H18N2O2S.ClH/c1-7(2)13(11,12)10-5-4-9-6-8(10)3;/h7-9H,4-6H2,1-3H3;1H. The van der Waals surface area contributed by atoms with E-state index in [0.717, 1.165) is 13.1 Å². The molecule has 0 aliphatic carbocycles. The molecule has 1 saturated heterocycles. The second-order valence-electron chi connectivity index (χ2n) is 3.76. The van der Waals surface area contributed by atoms with Crippen molar-refractivity contribution in [3.8, 4) is 0 Å². The van der Waals surface area contributed by atoms with E-state index < -0.39 is 10.0 Å². The summed E-state index contributed by atoms with van der Waals surface area (Å²) in [5.74, 6) is 0. The first-order chi connectivity index (χ1) is 5.96. The van der Waals surface area contributed by atoms with Gasteiger partial charge in [-0.15, -0.1) is 12.4 Å². The molecule has 4 nitrogen and oxygen atoms in total. The minimum atomic E-state index is -3.06. The van der Waals surface area contributed by atoms with Crippen LogP contribution in [0.15, 0.2) is 0 Å². The summed E-state index contributed by atoms with van der Waals surface area (Å²) in [6, 6.07) is 0.0844. The van der Waals surface area contributed by atoms with Crippen LogP contribution in [0.25, 0.3) is 0 Å². The van der Waals surface area contributed by atoms with Gasteiger partial charge in [0.15, 0.2) is 0 Å². The van der Waals surface area contributed by atoms with E-state index in [-0.39, 0.29) is 23.7 Å². The van der Waals surface area contributed by atoms with E-state index in [1.54, 1.807) is 18.2 Å². The smallest absolute Gasteiger partial charge is 0.216 e. The van der Waals surface area contributed by atoms with Crippen LogP contribution in [-0.4, -0.2) is 43.6 Å². The van der Waals surface area contributed by atoms with Gasteiger partial charge in [0.05, 0.1) is 5.25 Å². The molecule has 14 heavy (non-hydrogen) atoms. The molecule has 0 saturated carbocycles. The Balaban J connectivity index is 0.00000169. The number of sulfonamides is 1. The highest BCUT2D eigenvalue weighted by Crippen LogP contribution is 2.13. The Morgan fingerprint density at radius 1 is 1.43 bits per heavy atom. The number of nitrogens with one attached hydrogen (secondary N) is 1. The number of halogens is 1. The highest BCUT2D eigenvalue weighted by atomic mass is 35.5. The minimum Gasteiger partial charge on any atom is -0.314 e. The normalized spacial score (nSPS) is 24.7. The van der Waals surface area contributed by atoms with E-state index >= 15 is 0 Å². The largest absolute Gasteiger partial charge is 0.314 e.